The minimum atomic E-state index is 0.0619. The molecule has 0 unspecified atom stereocenters. The first-order valence-electron chi connectivity index (χ1n) is 4.21. The number of rotatable bonds is 2. The molecule has 0 aliphatic carbocycles. The van der Waals surface area contributed by atoms with Crippen molar-refractivity contribution in [3.8, 4) is 0 Å². The van der Waals surface area contributed by atoms with Crippen molar-refractivity contribution in [1.29, 1.82) is 0 Å². The number of halogens is 1. The molecule has 2 rings (SSSR count). The molecule has 7 heteroatoms. The van der Waals surface area contributed by atoms with Gasteiger partial charge in [0.05, 0.1) is 13.1 Å². The fourth-order valence-corrected chi connectivity index (χ4v) is 2.22. The lowest BCUT2D eigenvalue weighted by Crippen LogP contribution is -2.47. The van der Waals surface area contributed by atoms with Crippen molar-refractivity contribution in [2.75, 3.05) is 19.6 Å². The molecule has 0 saturated carbocycles. The van der Waals surface area contributed by atoms with Crippen LogP contribution in [0.1, 0.15) is 5.01 Å². The third-order valence-electron chi connectivity index (χ3n) is 1.92. The van der Waals surface area contributed by atoms with Crippen LogP contribution >= 0.6 is 22.9 Å². The molecule has 1 aliphatic heterocycles. The number of amides is 1. The largest absolute Gasteiger partial charge is 0.354 e. The first-order chi connectivity index (χ1) is 6.74. The molecule has 0 spiro atoms. The summed E-state index contributed by atoms with van der Waals surface area (Å²) in [5.41, 5.74) is 0. The molecule has 0 atom stereocenters. The summed E-state index contributed by atoms with van der Waals surface area (Å²) in [5, 5.41) is 11.2. The van der Waals surface area contributed by atoms with Gasteiger partial charge in [-0.25, -0.2) is 0 Å². The van der Waals surface area contributed by atoms with E-state index >= 15 is 0 Å². The molecule has 0 radical (unpaired) electrons. The molecule has 1 N–H and O–H groups in total. The second-order valence-corrected chi connectivity index (χ2v) is 4.65. The van der Waals surface area contributed by atoms with Crippen molar-refractivity contribution in [1.82, 2.24) is 20.4 Å². The first-order valence-corrected chi connectivity index (χ1v) is 5.40. The highest BCUT2D eigenvalue weighted by Crippen LogP contribution is 2.16. The summed E-state index contributed by atoms with van der Waals surface area (Å²) in [5.74, 6) is 0.0619. The van der Waals surface area contributed by atoms with Crippen molar-refractivity contribution >= 4 is 28.8 Å². The number of nitrogens with one attached hydrogen (secondary N) is 1. The van der Waals surface area contributed by atoms with Crippen molar-refractivity contribution in [2.45, 2.75) is 6.54 Å². The van der Waals surface area contributed by atoms with Gasteiger partial charge in [0.25, 0.3) is 0 Å². The number of hydrogen-bond donors (Lipinski definition) is 1. The van der Waals surface area contributed by atoms with E-state index in [2.05, 4.69) is 15.5 Å². The van der Waals surface area contributed by atoms with Crippen LogP contribution in [-0.2, 0) is 11.3 Å². The Morgan fingerprint density at radius 2 is 2.43 bits per heavy atom. The van der Waals surface area contributed by atoms with Gasteiger partial charge in [0.15, 0.2) is 0 Å². The summed E-state index contributed by atoms with van der Waals surface area (Å²) in [6, 6.07) is 0. The summed E-state index contributed by atoms with van der Waals surface area (Å²) in [4.78, 5) is 13.1. The Balaban J connectivity index is 1.93. The predicted molar refractivity (Wildman–Crippen MR) is 53.2 cm³/mol. The zero-order valence-electron chi connectivity index (χ0n) is 7.36. The van der Waals surface area contributed by atoms with Gasteiger partial charge in [-0.1, -0.05) is 11.3 Å². The molecule has 1 aromatic heterocycles. The molecule has 5 nitrogen and oxygen atoms in total. The number of carbonyl (C=O) groups is 1. The van der Waals surface area contributed by atoms with Gasteiger partial charge in [0, 0.05) is 13.1 Å². The van der Waals surface area contributed by atoms with Gasteiger partial charge < -0.3 is 5.32 Å². The van der Waals surface area contributed by atoms with E-state index in [1.54, 1.807) is 0 Å². The maximum Gasteiger partial charge on any atom is 0.234 e. The molecule has 0 bridgehead atoms. The van der Waals surface area contributed by atoms with E-state index in [0.717, 1.165) is 11.6 Å². The molecule has 76 valence electrons. The quantitative estimate of drug-likeness (QED) is 0.787. The summed E-state index contributed by atoms with van der Waals surface area (Å²) < 4.78 is 0.446. The molecule has 1 aliphatic rings. The van der Waals surface area contributed by atoms with Gasteiger partial charge in [-0.05, 0) is 11.6 Å². The highest BCUT2D eigenvalue weighted by atomic mass is 35.5. The lowest BCUT2D eigenvalue weighted by atomic mass is 10.3. The smallest absolute Gasteiger partial charge is 0.234 e. The Labute approximate surface area is 90.1 Å². The van der Waals surface area contributed by atoms with E-state index in [1.807, 2.05) is 4.90 Å². The van der Waals surface area contributed by atoms with Gasteiger partial charge in [0.2, 0.25) is 10.4 Å². The fraction of sp³-hybridized carbons (Fsp3) is 0.571. The van der Waals surface area contributed by atoms with E-state index in [-0.39, 0.29) is 5.91 Å². The number of aromatic nitrogens is 2. The predicted octanol–water partition coefficient (Wildman–Crippen LogP) is 0.123. The molecular formula is C7H9ClN4OS. The Morgan fingerprint density at radius 1 is 1.57 bits per heavy atom. The lowest BCUT2D eigenvalue weighted by Gasteiger charge is -2.25. The van der Waals surface area contributed by atoms with Gasteiger partial charge in [-0.15, -0.1) is 10.2 Å². The summed E-state index contributed by atoms with van der Waals surface area (Å²) >= 11 is 7.01. The van der Waals surface area contributed by atoms with Gasteiger partial charge >= 0.3 is 0 Å². The van der Waals surface area contributed by atoms with Crippen molar-refractivity contribution < 1.29 is 4.79 Å². The van der Waals surface area contributed by atoms with Crippen LogP contribution in [0.5, 0.6) is 0 Å². The first kappa shape index (κ1) is 9.82. The SMILES string of the molecule is O=C1CN(Cc2nnc(Cl)s2)CCN1. The minimum absolute atomic E-state index is 0.0619. The Morgan fingerprint density at radius 3 is 3.07 bits per heavy atom. The maximum absolute atomic E-state index is 11.1. The summed E-state index contributed by atoms with van der Waals surface area (Å²) in [6.07, 6.45) is 0. The normalized spacial score (nSPS) is 18.2. The molecule has 14 heavy (non-hydrogen) atoms. The second-order valence-electron chi connectivity index (χ2n) is 3.01. The van der Waals surface area contributed by atoms with Crippen LogP contribution in [0, 0.1) is 0 Å². The number of carbonyl (C=O) groups excluding carboxylic acids is 1. The minimum Gasteiger partial charge on any atom is -0.354 e. The van der Waals surface area contributed by atoms with E-state index in [9.17, 15) is 4.79 Å². The van der Waals surface area contributed by atoms with E-state index in [4.69, 9.17) is 11.6 Å². The van der Waals surface area contributed by atoms with Crippen LogP contribution in [0.3, 0.4) is 0 Å². The molecule has 1 aromatic rings. The third kappa shape index (κ3) is 2.40. The van der Waals surface area contributed by atoms with Crippen molar-refractivity contribution in [3.05, 3.63) is 9.47 Å². The standard InChI is InChI=1S/C7H9ClN4OS/c8-7-11-10-6(14-7)4-12-2-1-9-5(13)3-12/h1-4H2,(H,9,13). The van der Waals surface area contributed by atoms with Crippen LogP contribution in [0.25, 0.3) is 0 Å². The fourth-order valence-electron chi connectivity index (χ4n) is 1.31. The topological polar surface area (TPSA) is 58.1 Å². The Kier molecular flexibility index (Phi) is 2.95. The van der Waals surface area contributed by atoms with Crippen LogP contribution < -0.4 is 5.32 Å². The van der Waals surface area contributed by atoms with Gasteiger partial charge in [-0.2, -0.15) is 0 Å². The van der Waals surface area contributed by atoms with Crippen LogP contribution in [-0.4, -0.2) is 40.6 Å². The van der Waals surface area contributed by atoms with Gasteiger partial charge in [-0.3, -0.25) is 9.69 Å². The van der Waals surface area contributed by atoms with Crippen LogP contribution in [0.15, 0.2) is 0 Å². The third-order valence-corrected chi connectivity index (χ3v) is 2.92. The van der Waals surface area contributed by atoms with E-state index in [0.29, 0.717) is 24.1 Å². The molecule has 1 fully saturated rings. The zero-order valence-corrected chi connectivity index (χ0v) is 8.94. The lowest BCUT2D eigenvalue weighted by molar-refractivity contribution is -0.124. The molecule has 0 aromatic carbocycles. The summed E-state index contributed by atoms with van der Waals surface area (Å²) in [7, 11) is 0. The number of piperazine rings is 1. The van der Waals surface area contributed by atoms with Crippen molar-refractivity contribution in [2.24, 2.45) is 0 Å². The highest BCUT2D eigenvalue weighted by Gasteiger charge is 2.17. The Hall–Kier alpha value is -0.720. The zero-order chi connectivity index (χ0) is 9.97. The highest BCUT2D eigenvalue weighted by molar-refractivity contribution is 7.15. The van der Waals surface area contributed by atoms with Crippen LogP contribution in [0.2, 0.25) is 4.47 Å². The molecule has 1 saturated heterocycles. The van der Waals surface area contributed by atoms with E-state index in [1.165, 1.54) is 11.3 Å². The monoisotopic (exact) mass is 232 g/mol. The summed E-state index contributed by atoms with van der Waals surface area (Å²) in [6.45, 7) is 2.63. The maximum atomic E-state index is 11.1. The average Bonchev–Trinajstić information content (AvgIpc) is 2.51. The number of nitrogens with zero attached hydrogens (tertiary/aromatic N) is 3. The molecular weight excluding hydrogens is 224 g/mol. The van der Waals surface area contributed by atoms with Crippen molar-refractivity contribution in [3.63, 3.8) is 0 Å². The number of hydrogen-bond acceptors (Lipinski definition) is 5. The molecule has 1 amide bonds. The van der Waals surface area contributed by atoms with E-state index < -0.39 is 0 Å². The average molecular weight is 233 g/mol. The van der Waals surface area contributed by atoms with Crippen LogP contribution in [0.4, 0.5) is 0 Å². The molecule has 2 heterocycles. The Bertz CT molecular complexity index is 342. The van der Waals surface area contributed by atoms with Gasteiger partial charge in [0.1, 0.15) is 5.01 Å². The second kappa shape index (κ2) is 4.20.